The molecule has 1 aliphatic heterocycles. The number of amides is 1. The van der Waals surface area contributed by atoms with Crippen molar-refractivity contribution < 1.29 is 23.5 Å². The molecule has 27 heavy (non-hydrogen) atoms. The maximum absolute atomic E-state index is 13.2. The van der Waals surface area contributed by atoms with Gasteiger partial charge in [0, 0.05) is 25.7 Å². The number of piperidine rings is 1. The van der Waals surface area contributed by atoms with Crippen LogP contribution in [0.2, 0.25) is 0 Å². The van der Waals surface area contributed by atoms with Crippen molar-refractivity contribution in [3.63, 3.8) is 0 Å². The highest BCUT2D eigenvalue weighted by molar-refractivity contribution is 5.86. The van der Waals surface area contributed by atoms with E-state index >= 15 is 0 Å². The fourth-order valence-electron chi connectivity index (χ4n) is 3.32. The predicted molar refractivity (Wildman–Crippen MR) is 93.3 cm³/mol. The molecular weight excluding hydrogens is 356 g/mol. The van der Waals surface area contributed by atoms with Crippen LogP contribution in [0.3, 0.4) is 0 Å². The minimum absolute atomic E-state index is 0.0442. The lowest BCUT2D eigenvalue weighted by Crippen LogP contribution is -2.39. The molecule has 6 nitrogen and oxygen atoms in total. The van der Waals surface area contributed by atoms with Gasteiger partial charge in [-0.1, -0.05) is 6.07 Å². The Morgan fingerprint density at radius 3 is 2.56 bits per heavy atom. The molecule has 144 valence electrons. The van der Waals surface area contributed by atoms with Crippen molar-refractivity contribution >= 4 is 11.9 Å². The zero-order valence-corrected chi connectivity index (χ0v) is 14.8. The number of carboxylic acid groups (broad SMARTS) is 1. The second kappa shape index (κ2) is 8.28. The van der Waals surface area contributed by atoms with E-state index in [1.807, 2.05) is 0 Å². The Bertz CT molecular complexity index is 829. The summed E-state index contributed by atoms with van der Waals surface area (Å²) in [4.78, 5) is 25.1. The normalized spacial score (nSPS) is 15.1. The van der Waals surface area contributed by atoms with Crippen molar-refractivity contribution in [3.05, 3.63) is 53.4 Å². The van der Waals surface area contributed by atoms with Crippen LogP contribution in [0.5, 0.6) is 0 Å². The van der Waals surface area contributed by atoms with Gasteiger partial charge in [0.2, 0.25) is 5.91 Å². The number of nitrogens with zero attached hydrogens (tertiary/aromatic N) is 3. The predicted octanol–water partition coefficient (Wildman–Crippen LogP) is 3.05. The summed E-state index contributed by atoms with van der Waals surface area (Å²) in [6.07, 6.45) is 5.74. The van der Waals surface area contributed by atoms with Crippen molar-refractivity contribution in [2.24, 2.45) is 0 Å². The van der Waals surface area contributed by atoms with Gasteiger partial charge in [-0.05, 0) is 43.4 Å². The SMILES string of the molecule is O=C(O)c1cnn(C2CCN(C(=O)CCCc3ccc(F)c(F)c3)CC2)c1. The van der Waals surface area contributed by atoms with E-state index < -0.39 is 17.6 Å². The molecule has 0 radical (unpaired) electrons. The van der Waals surface area contributed by atoms with Crippen LogP contribution in [-0.4, -0.2) is 44.8 Å². The lowest BCUT2D eigenvalue weighted by Gasteiger charge is -2.32. The molecule has 1 saturated heterocycles. The van der Waals surface area contributed by atoms with E-state index in [0.29, 0.717) is 37.9 Å². The number of hydrogen-bond donors (Lipinski definition) is 1. The Kier molecular flexibility index (Phi) is 5.83. The molecule has 1 N–H and O–H groups in total. The third-order valence-corrected chi connectivity index (χ3v) is 4.88. The van der Waals surface area contributed by atoms with E-state index in [0.717, 1.165) is 18.9 Å². The third-order valence-electron chi connectivity index (χ3n) is 4.88. The number of halogens is 2. The van der Waals surface area contributed by atoms with Crippen molar-refractivity contribution in [1.82, 2.24) is 14.7 Å². The molecule has 1 fully saturated rings. The van der Waals surface area contributed by atoms with Crippen molar-refractivity contribution in [1.29, 1.82) is 0 Å². The van der Waals surface area contributed by atoms with Gasteiger partial charge >= 0.3 is 5.97 Å². The number of rotatable bonds is 6. The van der Waals surface area contributed by atoms with Gasteiger partial charge < -0.3 is 10.0 Å². The van der Waals surface area contributed by atoms with E-state index in [4.69, 9.17) is 5.11 Å². The number of hydrogen-bond acceptors (Lipinski definition) is 3. The quantitative estimate of drug-likeness (QED) is 0.840. The Hall–Kier alpha value is -2.77. The number of aromatic nitrogens is 2. The van der Waals surface area contributed by atoms with Crippen LogP contribution < -0.4 is 0 Å². The average molecular weight is 377 g/mol. The molecule has 1 aromatic heterocycles. The van der Waals surface area contributed by atoms with E-state index in [2.05, 4.69) is 5.10 Å². The first-order valence-electron chi connectivity index (χ1n) is 8.93. The Morgan fingerprint density at radius 1 is 1.19 bits per heavy atom. The van der Waals surface area contributed by atoms with Crippen molar-refractivity contribution in [2.75, 3.05) is 13.1 Å². The number of carbonyl (C=O) groups excluding carboxylic acids is 1. The first-order chi connectivity index (χ1) is 12.9. The number of benzene rings is 1. The van der Waals surface area contributed by atoms with Crippen LogP contribution in [0.25, 0.3) is 0 Å². The molecule has 0 spiro atoms. The van der Waals surface area contributed by atoms with E-state index in [1.54, 1.807) is 9.58 Å². The van der Waals surface area contributed by atoms with Gasteiger partial charge in [0.05, 0.1) is 17.8 Å². The lowest BCUT2D eigenvalue weighted by atomic mass is 10.0. The highest BCUT2D eigenvalue weighted by atomic mass is 19.2. The van der Waals surface area contributed by atoms with Gasteiger partial charge in [-0.25, -0.2) is 13.6 Å². The summed E-state index contributed by atoms with van der Waals surface area (Å²) in [5.74, 6) is -2.70. The molecule has 2 heterocycles. The summed E-state index contributed by atoms with van der Waals surface area (Å²) >= 11 is 0. The summed E-state index contributed by atoms with van der Waals surface area (Å²) in [5, 5.41) is 13.1. The summed E-state index contributed by atoms with van der Waals surface area (Å²) in [5.41, 5.74) is 0.832. The molecule has 1 amide bonds. The zero-order chi connectivity index (χ0) is 19.4. The van der Waals surface area contributed by atoms with Gasteiger partial charge in [-0.3, -0.25) is 9.48 Å². The lowest BCUT2D eigenvalue weighted by molar-refractivity contribution is -0.132. The van der Waals surface area contributed by atoms with Gasteiger partial charge in [0.1, 0.15) is 0 Å². The summed E-state index contributed by atoms with van der Waals surface area (Å²) < 4.78 is 27.8. The molecule has 0 aliphatic carbocycles. The molecular formula is C19H21F2N3O3. The van der Waals surface area contributed by atoms with Gasteiger partial charge in [-0.2, -0.15) is 5.10 Å². The van der Waals surface area contributed by atoms with Crippen LogP contribution in [0.1, 0.15) is 47.6 Å². The van der Waals surface area contributed by atoms with Crippen LogP contribution in [0.4, 0.5) is 8.78 Å². The highest BCUT2D eigenvalue weighted by Gasteiger charge is 2.24. The fourth-order valence-corrected chi connectivity index (χ4v) is 3.32. The molecule has 0 unspecified atom stereocenters. The minimum atomic E-state index is -1.00. The summed E-state index contributed by atoms with van der Waals surface area (Å²) in [6.45, 7) is 1.19. The third kappa shape index (κ3) is 4.69. The van der Waals surface area contributed by atoms with Crippen molar-refractivity contribution in [2.45, 2.75) is 38.1 Å². The number of likely N-dealkylation sites (tertiary alicyclic amines) is 1. The second-order valence-corrected chi connectivity index (χ2v) is 6.73. The van der Waals surface area contributed by atoms with Crippen LogP contribution in [0.15, 0.2) is 30.6 Å². The molecule has 0 bridgehead atoms. The number of aromatic carboxylic acids is 1. The van der Waals surface area contributed by atoms with E-state index in [-0.39, 0.29) is 17.5 Å². The number of carbonyl (C=O) groups is 2. The Labute approximate surface area is 155 Å². The van der Waals surface area contributed by atoms with Crippen molar-refractivity contribution in [3.8, 4) is 0 Å². The van der Waals surface area contributed by atoms with Crippen LogP contribution >= 0.6 is 0 Å². The standard InChI is InChI=1S/C19H21F2N3O3/c20-16-5-4-13(10-17(16)21)2-1-3-18(25)23-8-6-15(7-9-23)24-12-14(11-22-24)19(26)27/h4-5,10-12,15H,1-3,6-9H2,(H,26,27). The Morgan fingerprint density at radius 2 is 1.93 bits per heavy atom. The highest BCUT2D eigenvalue weighted by Crippen LogP contribution is 2.23. The van der Waals surface area contributed by atoms with E-state index in [1.165, 1.54) is 24.5 Å². The summed E-state index contributed by atoms with van der Waals surface area (Å²) in [6, 6.07) is 3.89. The molecule has 1 aromatic carbocycles. The first-order valence-corrected chi connectivity index (χ1v) is 8.93. The topological polar surface area (TPSA) is 75.4 Å². The van der Waals surface area contributed by atoms with Gasteiger partial charge in [-0.15, -0.1) is 0 Å². The van der Waals surface area contributed by atoms with Gasteiger partial charge in [0.15, 0.2) is 11.6 Å². The largest absolute Gasteiger partial charge is 0.478 e. The van der Waals surface area contributed by atoms with Crippen LogP contribution in [0, 0.1) is 11.6 Å². The zero-order valence-electron chi connectivity index (χ0n) is 14.8. The smallest absolute Gasteiger partial charge is 0.338 e. The molecule has 3 rings (SSSR count). The van der Waals surface area contributed by atoms with Crippen LogP contribution in [-0.2, 0) is 11.2 Å². The molecule has 0 atom stereocenters. The molecule has 2 aromatic rings. The molecule has 8 heteroatoms. The maximum Gasteiger partial charge on any atom is 0.338 e. The minimum Gasteiger partial charge on any atom is -0.478 e. The number of carboxylic acids is 1. The van der Waals surface area contributed by atoms with Gasteiger partial charge in [0.25, 0.3) is 0 Å². The monoisotopic (exact) mass is 377 g/mol. The Balaban J connectivity index is 1.44. The number of aryl methyl sites for hydroxylation is 1. The summed E-state index contributed by atoms with van der Waals surface area (Å²) in [7, 11) is 0. The fraction of sp³-hybridized carbons (Fsp3) is 0.421. The molecule has 1 aliphatic rings. The average Bonchev–Trinajstić information content (AvgIpc) is 3.15. The maximum atomic E-state index is 13.2. The second-order valence-electron chi connectivity index (χ2n) is 6.73. The molecule has 0 saturated carbocycles. The van der Waals surface area contributed by atoms with E-state index in [9.17, 15) is 18.4 Å². The first kappa shape index (κ1) is 19.0.